The highest BCUT2D eigenvalue weighted by Crippen LogP contribution is 2.30. The molecule has 0 bridgehead atoms. The van der Waals surface area contributed by atoms with Gasteiger partial charge in [-0.1, -0.05) is 12.1 Å². The van der Waals surface area contributed by atoms with E-state index >= 15 is 0 Å². The number of halogens is 1. The fourth-order valence-corrected chi connectivity index (χ4v) is 3.10. The van der Waals surface area contributed by atoms with Crippen LogP contribution in [0.5, 0.6) is 5.75 Å². The maximum absolute atomic E-state index is 14.3. The minimum atomic E-state index is -0.823. The molecule has 4 heteroatoms. The molecule has 0 aromatic heterocycles. The van der Waals surface area contributed by atoms with E-state index in [2.05, 4.69) is 18.7 Å². The summed E-state index contributed by atoms with van der Waals surface area (Å²) in [7, 11) is 1.46. The molecule has 21 heavy (non-hydrogen) atoms. The molecule has 1 unspecified atom stereocenters. The summed E-state index contributed by atoms with van der Waals surface area (Å²) in [5.74, 6) is -0.105. The lowest BCUT2D eigenvalue weighted by Crippen LogP contribution is -2.35. The molecule has 1 N–H and O–H groups in total. The van der Waals surface area contributed by atoms with E-state index in [9.17, 15) is 9.50 Å². The second-order valence-corrected chi connectivity index (χ2v) is 6.32. The van der Waals surface area contributed by atoms with Crippen LogP contribution in [0.2, 0.25) is 0 Å². The first-order valence-electron chi connectivity index (χ1n) is 7.73. The molecule has 1 aromatic rings. The van der Waals surface area contributed by atoms with Crippen molar-refractivity contribution in [3.05, 3.63) is 29.6 Å². The van der Waals surface area contributed by atoms with Crippen molar-refractivity contribution in [3.63, 3.8) is 0 Å². The number of rotatable bonds is 4. The molecule has 0 radical (unpaired) electrons. The molecule has 1 atom stereocenters. The standard InChI is InChI=1S/C17H26FNO2/c1-13(2)19-10-5-8-17(20,9-11-19)12-14-6-4-7-15(21-3)16(14)18/h4,6-7,13,20H,5,8-12H2,1-3H3. The molecule has 1 saturated heterocycles. The molecule has 3 nitrogen and oxygen atoms in total. The summed E-state index contributed by atoms with van der Waals surface area (Å²) in [5.41, 5.74) is -0.286. The van der Waals surface area contributed by atoms with E-state index in [1.165, 1.54) is 7.11 Å². The summed E-state index contributed by atoms with van der Waals surface area (Å²) >= 11 is 0. The highest BCUT2D eigenvalue weighted by molar-refractivity contribution is 5.32. The lowest BCUT2D eigenvalue weighted by atomic mass is 9.87. The van der Waals surface area contributed by atoms with Gasteiger partial charge < -0.3 is 14.7 Å². The molecule has 0 aliphatic carbocycles. The molecule has 1 heterocycles. The van der Waals surface area contributed by atoms with E-state index in [0.717, 1.165) is 19.5 Å². The molecule has 2 rings (SSSR count). The minimum absolute atomic E-state index is 0.244. The first kappa shape index (κ1) is 16.2. The van der Waals surface area contributed by atoms with Gasteiger partial charge in [-0.3, -0.25) is 0 Å². The minimum Gasteiger partial charge on any atom is -0.494 e. The van der Waals surface area contributed by atoms with Crippen LogP contribution in [-0.4, -0.2) is 41.8 Å². The number of likely N-dealkylation sites (tertiary alicyclic amines) is 1. The van der Waals surface area contributed by atoms with Gasteiger partial charge in [0.15, 0.2) is 11.6 Å². The molecule has 0 saturated carbocycles. The summed E-state index contributed by atoms with van der Waals surface area (Å²) in [6.07, 6.45) is 2.69. The molecule has 1 fully saturated rings. The number of hydrogen-bond donors (Lipinski definition) is 1. The number of hydrogen-bond acceptors (Lipinski definition) is 3. The fourth-order valence-electron chi connectivity index (χ4n) is 3.10. The van der Waals surface area contributed by atoms with Gasteiger partial charge in [-0.25, -0.2) is 4.39 Å². The van der Waals surface area contributed by atoms with E-state index in [-0.39, 0.29) is 11.6 Å². The Morgan fingerprint density at radius 3 is 2.76 bits per heavy atom. The molecular weight excluding hydrogens is 269 g/mol. The van der Waals surface area contributed by atoms with Gasteiger partial charge in [-0.15, -0.1) is 0 Å². The topological polar surface area (TPSA) is 32.7 Å². The van der Waals surface area contributed by atoms with Gasteiger partial charge in [0.1, 0.15) is 0 Å². The largest absolute Gasteiger partial charge is 0.494 e. The van der Waals surface area contributed by atoms with Gasteiger partial charge in [0.2, 0.25) is 0 Å². The normalized spacial score (nSPS) is 24.1. The molecule has 118 valence electrons. The van der Waals surface area contributed by atoms with Crippen molar-refractivity contribution in [1.82, 2.24) is 4.90 Å². The van der Waals surface area contributed by atoms with Gasteiger partial charge in [-0.2, -0.15) is 0 Å². The van der Waals surface area contributed by atoms with Crippen molar-refractivity contribution in [2.75, 3.05) is 20.2 Å². The predicted octanol–water partition coefficient (Wildman–Crippen LogP) is 3.00. The van der Waals surface area contributed by atoms with Crippen molar-refractivity contribution in [2.24, 2.45) is 0 Å². The monoisotopic (exact) mass is 295 g/mol. The Morgan fingerprint density at radius 1 is 1.33 bits per heavy atom. The van der Waals surface area contributed by atoms with Crippen LogP contribution < -0.4 is 4.74 Å². The highest BCUT2D eigenvalue weighted by Gasteiger charge is 2.32. The Balaban J connectivity index is 2.11. The van der Waals surface area contributed by atoms with E-state index in [4.69, 9.17) is 4.74 Å². The molecule has 0 amide bonds. The van der Waals surface area contributed by atoms with E-state index < -0.39 is 5.60 Å². The third-order valence-corrected chi connectivity index (χ3v) is 4.46. The van der Waals surface area contributed by atoms with Gasteiger partial charge in [0, 0.05) is 19.0 Å². The van der Waals surface area contributed by atoms with E-state index in [0.29, 0.717) is 30.9 Å². The Hall–Kier alpha value is -1.13. The smallest absolute Gasteiger partial charge is 0.168 e. The first-order chi connectivity index (χ1) is 9.95. The number of aliphatic hydroxyl groups is 1. The zero-order chi connectivity index (χ0) is 15.5. The zero-order valence-electron chi connectivity index (χ0n) is 13.2. The Kier molecular flexibility index (Phi) is 5.22. The van der Waals surface area contributed by atoms with Crippen LogP contribution in [0, 0.1) is 5.82 Å². The fraction of sp³-hybridized carbons (Fsp3) is 0.647. The van der Waals surface area contributed by atoms with Crippen molar-refractivity contribution in [3.8, 4) is 5.75 Å². The maximum Gasteiger partial charge on any atom is 0.168 e. The average Bonchev–Trinajstić information content (AvgIpc) is 2.63. The van der Waals surface area contributed by atoms with Gasteiger partial charge >= 0.3 is 0 Å². The molecular formula is C17H26FNO2. The van der Waals surface area contributed by atoms with E-state index in [1.807, 2.05) is 0 Å². The zero-order valence-corrected chi connectivity index (χ0v) is 13.2. The van der Waals surface area contributed by atoms with E-state index in [1.54, 1.807) is 18.2 Å². The molecule has 0 spiro atoms. The van der Waals surface area contributed by atoms with Crippen LogP contribution in [0.4, 0.5) is 4.39 Å². The average molecular weight is 295 g/mol. The van der Waals surface area contributed by atoms with Crippen LogP contribution in [0.25, 0.3) is 0 Å². The third-order valence-electron chi connectivity index (χ3n) is 4.46. The lowest BCUT2D eigenvalue weighted by molar-refractivity contribution is 0.0240. The van der Waals surface area contributed by atoms with Crippen LogP contribution in [0.1, 0.15) is 38.7 Å². The van der Waals surface area contributed by atoms with Crippen molar-refractivity contribution < 1.29 is 14.2 Å². The Morgan fingerprint density at radius 2 is 2.10 bits per heavy atom. The third kappa shape index (κ3) is 3.95. The quantitative estimate of drug-likeness (QED) is 0.927. The second kappa shape index (κ2) is 6.75. The number of ether oxygens (including phenoxy) is 1. The van der Waals surface area contributed by atoms with Crippen molar-refractivity contribution >= 4 is 0 Å². The summed E-state index contributed by atoms with van der Waals surface area (Å²) < 4.78 is 19.3. The molecule has 1 aliphatic rings. The first-order valence-corrected chi connectivity index (χ1v) is 7.73. The maximum atomic E-state index is 14.3. The summed E-state index contributed by atoms with van der Waals surface area (Å²) in [5, 5.41) is 10.9. The van der Waals surface area contributed by atoms with Gasteiger partial charge in [0.05, 0.1) is 12.7 Å². The summed E-state index contributed by atoms with van der Waals surface area (Å²) in [6.45, 7) is 6.21. The predicted molar refractivity (Wildman–Crippen MR) is 82.2 cm³/mol. The van der Waals surface area contributed by atoms with Crippen LogP contribution in [-0.2, 0) is 6.42 Å². The highest BCUT2D eigenvalue weighted by atomic mass is 19.1. The van der Waals surface area contributed by atoms with Crippen LogP contribution in [0.3, 0.4) is 0 Å². The van der Waals surface area contributed by atoms with Crippen LogP contribution >= 0.6 is 0 Å². The van der Waals surface area contributed by atoms with Crippen LogP contribution in [0.15, 0.2) is 18.2 Å². The summed E-state index contributed by atoms with van der Waals surface area (Å²) in [6, 6.07) is 5.61. The lowest BCUT2D eigenvalue weighted by Gasteiger charge is -2.28. The van der Waals surface area contributed by atoms with Gasteiger partial charge in [-0.05, 0) is 51.3 Å². The Bertz CT molecular complexity index is 478. The summed E-state index contributed by atoms with van der Waals surface area (Å²) in [4.78, 5) is 2.37. The number of nitrogens with zero attached hydrogens (tertiary/aromatic N) is 1. The van der Waals surface area contributed by atoms with Crippen molar-refractivity contribution in [1.29, 1.82) is 0 Å². The SMILES string of the molecule is COc1cccc(CC2(O)CCCN(C(C)C)CC2)c1F. The number of benzene rings is 1. The molecule has 1 aliphatic heterocycles. The Labute approximate surface area is 126 Å². The van der Waals surface area contributed by atoms with Gasteiger partial charge in [0.25, 0.3) is 0 Å². The second-order valence-electron chi connectivity index (χ2n) is 6.32. The number of methoxy groups -OCH3 is 1. The van der Waals surface area contributed by atoms with Crippen molar-refractivity contribution in [2.45, 2.75) is 51.2 Å². The molecule has 1 aromatic carbocycles.